The average Bonchev–Trinajstić information content (AvgIpc) is 2.89. The molecular weight excluding hydrogens is 262 g/mol. The molecule has 1 aliphatic carbocycles. The summed E-state index contributed by atoms with van der Waals surface area (Å²) in [5.41, 5.74) is 6.29. The first-order valence-corrected chi connectivity index (χ1v) is 7.57. The highest BCUT2D eigenvalue weighted by molar-refractivity contribution is 7.16. The van der Waals surface area contributed by atoms with Gasteiger partial charge in [0, 0.05) is 19.1 Å². The summed E-state index contributed by atoms with van der Waals surface area (Å²) in [7, 11) is 1.65. The molecule has 3 rings (SSSR count). The Labute approximate surface area is 116 Å². The molecule has 0 radical (unpaired) electrons. The Kier molecular flexibility index (Phi) is 3.76. The number of hydrogen-bond acceptors (Lipinski definition) is 6. The van der Waals surface area contributed by atoms with E-state index in [2.05, 4.69) is 15.3 Å². The lowest BCUT2D eigenvalue weighted by atomic mass is 9.96. The van der Waals surface area contributed by atoms with Gasteiger partial charge in [0.15, 0.2) is 5.82 Å². The summed E-state index contributed by atoms with van der Waals surface area (Å²) in [6.45, 7) is 0.432. The number of nitrogens with two attached hydrogens (primary N) is 1. The average molecular weight is 281 g/mol. The lowest BCUT2D eigenvalue weighted by molar-refractivity contribution is 0.176. The second kappa shape index (κ2) is 5.52. The molecule has 1 saturated carbocycles. The fraction of sp³-hybridized carbons (Fsp3) is 0.750. The summed E-state index contributed by atoms with van der Waals surface area (Å²) >= 11 is 1.61. The van der Waals surface area contributed by atoms with Crippen molar-refractivity contribution in [3.05, 3.63) is 10.8 Å². The first-order chi connectivity index (χ1) is 9.29. The molecule has 2 atom stereocenters. The smallest absolute Gasteiger partial charge is 0.234 e. The quantitative estimate of drug-likeness (QED) is 0.866. The molecule has 2 heterocycles. The minimum atomic E-state index is 0.220. The molecule has 0 amide bonds. The Morgan fingerprint density at radius 1 is 1.32 bits per heavy atom. The van der Waals surface area contributed by atoms with Crippen LogP contribution in [0.25, 0.3) is 4.96 Å². The summed E-state index contributed by atoms with van der Waals surface area (Å²) in [5.74, 6) is 1.12. The highest BCUT2D eigenvalue weighted by Crippen LogP contribution is 2.33. The van der Waals surface area contributed by atoms with Gasteiger partial charge >= 0.3 is 0 Å². The Hall–Kier alpha value is -1.05. The van der Waals surface area contributed by atoms with Gasteiger partial charge in [0.1, 0.15) is 11.6 Å². The van der Waals surface area contributed by atoms with Crippen LogP contribution in [0.1, 0.15) is 48.9 Å². The van der Waals surface area contributed by atoms with Crippen molar-refractivity contribution < 1.29 is 4.74 Å². The summed E-state index contributed by atoms with van der Waals surface area (Å²) in [6.07, 6.45) is 5.98. The van der Waals surface area contributed by atoms with Gasteiger partial charge in [-0.1, -0.05) is 30.6 Å². The zero-order chi connectivity index (χ0) is 13.2. The molecule has 0 saturated heterocycles. The number of nitrogens with zero attached hydrogens (tertiary/aromatic N) is 4. The van der Waals surface area contributed by atoms with Crippen LogP contribution in [0.3, 0.4) is 0 Å². The van der Waals surface area contributed by atoms with Crippen molar-refractivity contribution >= 4 is 16.3 Å². The predicted molar refractivity (Wildman–Crippen MR) is 73.2 cm³/mol. The number of fused-ring (bicyclic) bond motifs is 1. The maximum Gasteiger partial charge on any atom is 0.234 e. The molecule has 2 aromatic heterocycles. The third-order valence-electron chi connectivity index (χ3n) is 3.73. The van der Waals surface area contributed by atoms with E-state index in [4.69, 9.17) is 10.5 Å². The fourth-order valence-corrected chi connectivity index (χ4v) is 3.75. The summed E-state index contributed by atoms with van der Waals surface area (Å²) in [6, 6.07) is 0.220. The van der Waals surface area contributed by atoms with Crippen molar-refractivity contribution in [3.63, 3.8) is 0 Å². The van der Waals surface area contributed by atoms with E-state index < -0.39 is 0 Å². The highest BCUT2D eigenvalue weighted by Gasteiger charge is 2.26. The molecule has 1 fully saturated rings. The third-order valence-corrected chi connectivity index (χ3v) is 4.76. The molecule has 1 aliphatic rings. The number of methoxy groups -OCH3 is 1. The van der Waals surface area contributed by atoms with Crippen LogP contribution in [0.2, 0.25) is 0 Å². The van der Waals surface area contributed by atoms with Gasteiger partial charge in [-0.05, 0) is 12.8 Å². The lowest BCUT2D eigenvalue weighted by Gasteiger charge is -2.17. The first-order valence-electron chi connectivity index (χ1n) is 6.75. The van der Waals surface area contributed by atoms with Crippen molar-refractivity contribution in [2.24, 2.45) is 5.73 Å². The van der Waals surface area contributed by atoms with E-state index in [0.717, 1.165) is 28.6 Å². The van der Waals surface area contributed by atoms with Gasteiger partial charge in [0.2, 0.25) is 4.96 Å². The fourth-order valence-electron chi connectivity index (χ4n) is 2.68. The van der Waals surface area contributed by atoms with Crippen molar-refractivity contribution in [2.45, 2.75) is 50.7 Å². The van der Waals surface area contributed by atoms with Crippen LogP contribution in [-0.2, 0) is 11.3 Å². The van der Waals surface area contributed by atoms with E-state index in [0.29, 0.717) is 12.5 Å². The Balaban J connectivity index is 1.91. The summed E-state index contributed by atoms with van der Waals surface area (Å²) in [5, 5.41) is 14.0. The Morgan fingerprint density at radius 3 is 3.00 bits per heavy atom. The molecule has 2 unspecified atom stereocenters. The maximum atomic E-state index is 6.29. The number of ether oxygens (including phenoxy) is 1. The SMILES string of the molecule is COCc1nnc2sc(C3CCCCCC3N)nn12. The van der Waals surface area contributed by atoms with E-state index in [1.807, 2.05) is 0 Å². The molecule has 0 spiro atoms. The van der Waals surface area contributed by atoms with Gasteiger partial charge in [0.05, 0.1) is 0 Å². The summed E-state index contributed by atoms with van der Waals surface area (Å²) in [4.78, 5) is 0.832. The van der Waals surface area contributed by atoms with Crippen molar-refractivity contribution in [2.75, 3.05) is 7.11 Å². The van der Waals surface area contributed by atoms with E-state index in [9.17, 15) is 0 Å². The van der Waals surface area contributed by atoms with Gasteiger partial charge in [-0.3, -0.25) is 0 Å². The first kappa shape index (κ1) is 13.0. The van der Waals surface area contributed by atoms with Crippen molar-refractivity contribution in [1.82, 2.24) is 19.8 Å². The molecule has 2 aromatic rings. The highest BCUT2D eigenvalue weighted by atomic mass is 32.1. The number of hydrogen-bond donors (Lipinski definition) is 1. The summed E-state index contributed by atoms with van der Waals surface area (Å²) < 4.78 is 6.90. The maximum absolute atomic E-state index is 6.29. The van der Waals surface area contributed by atoms with Gasteiger partial charge in [0.25, 0.3) is 0 Å². The minimum absolute atomic E-state index is 0.220. The van der Waals surface area contributed by atoms with E-state index in [1.54, 1.807) is 23.0 Å². The number of aromatic nitrogens is 4. The van der Waals surface area contributed by atoms with Gasteiger partial charge in [-0.25, -0.2) is 0 Å². The Bertz CT molecular complexity index is 551. The molecule has 7 heteroatoms. The molecule has 19 heavy (non-hydrogen) atoms. The number of rotatable bonds is 3. The van der Waals surface area contributed by atoms with Gasteiger partial charge < -0.3 is 10.5 Å². The molecule has 0 bridgehead atoms. The lowest BCUT2D eigenvalue weighted by Crippen LogP contribution is -2.27. The van der Waals surface area contributed by atoms with E-state index in [-0.39, 0.29) is 6.04 Å². The minimum Gasteiger partial charge on any atom is -0.377 e. The standard InChI is InChI=1S/C12H19N5OS/c1-18-7-10-14-15-12-17(10)16-11(19-12)8-5-3-2-4-6-9(8)13/h8-9H,2-7,13H2,1H3. The second-order valence-electron chi connectivity index (χ2n) is 5.09. The van der Waals surface area contributed by atoms with Gasteiger partial charge in [-0.2, -0.15) is 9.61 Å². The van der Waals surface area contributed by atoms with Crippen LogP contribution < -0.4 is 5.73 Å². The van der Waals surface area contributed by atoms with Gasteiger partial charge in [-0.15, -0.1) is 10.2 Å². The molecule has 104 valence electrons. The third kappa shape index (κ3) is 2.50. The van der Waals surface area contributed by atoms with Crippen LogP contribution >= 0.6 is 11.3 Å². The van der Waals surface area contributed by atoms with Crippen LogP contribution in [-0.4, -0.2) is 33.0 Å². The molecular formula is C12H19N5OS. The largest absolute Gasteiger partial charge is 0.377 e. The second-order valence-corrected chi connectivity index (χ2v) is 6.08. The molecule has 6 nitrogen and oxygen atoms in total. The zero-order valence-electron chi connectivity index (χ0n) is 11.1. The van der Waals surface area contributed by atoms with Crippen LogP contribution in [0.5, 0.6) is 0 Å². The van der Waals surface area contributed by atoms with Crippen molar-refractivity contribution in [3.8, 4) is 0 Å². The molecule has 0 aromatic carbocycles. The van der Waals surface area contributed by atoms with E-state index >= 15 is 0 Å². The molecule has 2 N–H and O–H groups in total. The Morgan fingerprint density at radius 2 is 2.16 bits per heavy atom. The molecule has 0 aliphatic heterocycles. The van der Waals surface area contributed by atoms with Crippen LogP contribution in [0.4, 0.5) is 0 Å². The van der Waals surface area contributed by atoms with Crippen LogP contribution in [0.15, 0.2) is 0 Å². The topological polar surface area (TPSA) is 78.3 Å². The zero-order valence-corrected chi connectivity index (χ0v) is 11.9. The normalized spacial score (nSPS) is 24.7. The predicted octanol–water partition coefficient (Wildman–Crippen LogP) is 1.71. The van der Waals surface area contributed by atoms with Crippen molar-refractivity contribution in [1.29, 1.82) is 0 Å². The monoisotopic (exact) mass is 281 g/mol. The van der Waals surface area contributed by atoms with Crippen LogP contribution in [0, 0.1) is 0 Å². The van der Waals surface area contributed by atoms with E-state index in [1.165, 1.54) is 19.3 Å².